The summed E-state index contributed by atoms with van der Waals surface area (Å²) >= 11 is 0. The second kappa shape index (κ2) is 10.1. The molecule has 2 rings (SSSR count). The van der Waals surface area contributed by atoms with Gasteiger partial charge in [0.05, 0.1) is 13.2 Å². The van der Waals surface area contributed by atoms with Crippen molar-refractivity contribution in [2.24, 2.45) is 0 Å². The second-order valence-corrected chi connectivity index (χ2v) is 7.00. The molecule has 13 heteroatoms. The first kappa shape index (κ1) is 23.9. The Balaban J connectivity index is 2.31. The molecule has 0 aromatic carbocycles. The van der Waals surface area contributed by atoms with Gasteiger partial charge in [0, 0.05) is 13.8 Å². The summed E-state index contributed by atoms with van der Waals surface area (Å²) in [6.45, 7) is 0.959. The number of carbonyl (C=O) groups excluding carboxylic acids is 2. The van der Waals surface area contributed by atoms with Crippen molar-refractivity contribution >= 4 is 11.8 Å². The Kier molecular flexibility index (Phi) is 8.28. The van der Waals surface area contributed by atoms with Crippen molar-refractivity contribution in [1.29, 1.82) is 0 Å². The van der Waals surface area contributed by atoms with E-state index in [-0.39, 0.29) is 0 Å². The van der Waals surface area contributed by atoms with Gasteiger partial charge in [0.1, 0.15) is 48.7 Å². The first-order valence-electron chi connectivity index (χ1n) is 9.05. The monoisotopic (exact) mass is 424 g/mol. The number of rotatable bonds is 6. The molecule has 2 aliphatic rings. The third-order valence-corrected chi connectivity index (χ3v) is 4.78. The van der Waals surface area contributed by atoms with Gasteiger partial charge in [0.2, 0.25) is 11.8 Å². The van der Waals surface area contributed by atoms with Crippen LogP contribution in [0.3, 0.4) is 0 Å². The van der Waals surface area contributed by atoms with Crippen LogP contribution in [0, 0.1) is 0 Å². The lowest BCUT2D eigenvalue weighted by atomic mass is 9.94. The van der Waals surface area contributed by atoms with Gasteiger partial charge >= 0.3 is 0 Å². The minimum atomic E-state index is -1.66. The topological polar surface area (TPSA) is 207 Å². The Morgan fingerprint density at radius 3 is 1.86 bits per heavy atom. The summed E-state index contributed by atoms with van der Waals surface area (Å²) in [5.41, 5.74) is 0. The third kappa shape index (κ3) is 5.39. The van der Waals surface area contributed by atoms with Crippen molar-refractivity contribution in [3.05, 3.63) is 0 Å². The summed E-state index contributed by atoms with van der Waals surface area (Å²) in [5.74, 6) is -1.16. The van der Waals surface area contributed by atoms with E-state index in [1.54, 1.807) is 0 Å². The smallest absolute Gasteiger partial charge is 0.217 e. The Bertz CT molecular complexity index is 579. The maximum Gasteiger partial charge on any atom is 0.217 e. The SMILES string of the molecule is CC(=O)N[C@@H]1[C@H](O[C@H]2[C@@H](O)[C@@H](CO)O[C@H](O)[C@H]2NC(C)=O)O[C@H](CO)[C@@H](O)[C@@H]1O. The molecule has 0 bridgehead atoms. The number of ether oxygens (including phenoxy) is 3. The van der Waals surface area contributed by atoms with Crippen LogP contribution in [0.2, 0.25) is 0 Å². The highest BCUT2D eigenvalue weighted by molar-refractivity contribution is 5.73. The zero-order chi connectivity index (χ0) is 21.9. The maximum absolute atomic E-state index is 11.5. The van der Waals surface area contributed by atoms with Gasteiger partial charge in [-0.05, 0) is 0 Å². The van der Waals surface area contributed by atoms with Crippen LogP contribution in [-0.4, -0.2) is 117 Å². The maximum atomic E-state index is 11.5. The summed E-state index contributed by atoms with van der Waals surface area (Å²) in [7, 11) is 0. The normalized spacial score (nSPS) is 42.9. The van der Waals surface area contributed by atoms with E-state index in [1.165, 1.54) is 0 Å². The van der Waals surface area contributed by atoms with Crippen molar-refractivity contribution < 1.29 is 54.4 Å². The Labute approximate surface area is 166 Å². The number of carbonyl (C=O) groups is 2. The van der Waals surface area contributed by atoms with E-state index < -0.39 is 86.3 Å². The van der Waals surface area contributed by atoms with E-state index >= 15 is 0 Å². The lowest BCUT2D eigenvalue weighted by Crippen LogP contribution is -2.69. The molecule has 10 atom stereocenters. The predicted molar refractivity (Wildman–Crippen MR) is 91.8 cm³/mol. The van der Waals surface area contributed by atoms with Crippen LogP contribution >= 0.6 is 0 Å². The number of aliphatic hydroxyl groups excluding tert-OH is 6. The molecule has 0 unspecified atom stereocenters. The zero-order valence-corrected chi connectivity index (χ0v) is 15.9. The summed E-state index contributed by atoms with van der Waals surface area (Å²) in [5, 5.41) is 64.5. The fraction of sp³-hybridized carbons (Fsp3) is 0.875. The molecule has 2 fully saturated rings. The number of hydrogen-bond donors (Lipinski definition) is 8. The molecule has 0 aromatic rings. The molecule has 0 aromatic heterocycles. The molecule has 0 aliphatic carbocycles. The molecule has 8 N–H and O–H groups in total. The van der Waals surface area contributed by atoms with Crippen LogP contribution in [0.1, 0.15) is 13.8 Å². The van der Waals surface area contributed by atoms with Crippen LogP contribution in [0.25, 0.3) is 0 Å². The fourth-order valence-corrected chi connectivity index (χ4v) is 3.38. The quantitative estimate of drug-likeness (QED) is 0.202. The minimum absolute atomic E-state index is 0.576. The number of aliphatic hydroxyl groups is 6. The summed E-state index contributed by atoms with van der Waals surface area (Å²) in [6, 6.07) is -2.59. The van der Waals surface area contributed by atoms with Crippen molar-refractivity contribution in [2.75, 3.05) is 13.2 Å². The molecule has 29 heavy (non-hydrogen) atoms. The van der Waals surface area contributed by atoms with Gasteiger partial charge in [0.15, 0.2) is 12.6 Å². The van der Waals surface area contributed by atoms with Gasteiger partial charge in [-0.25, -0.2) is 0 Å². The third-order valence-electron chi connectivity index (χ3n) is 4.78. The summed E-state index contributed by atoms with van der Waals surface area (Å²) in [4.78, 5) is 23.0. The fourth-order valence-electron chi connectivity index (χ4n) is 3.38. The highest BCUT2D eigenvalue weighted by Crippen LogP contribution is 2.28. The van der Waals surface area contributed by atoms with Gasteiger partial charge in [-0.1, -0.05) is 0 Å². The summed E-state index contributed by atoms with van der Waals surface area (Å²) < 4.78 is 16.2. The minimum Gasteiger partial charge on any atom is -0.394 e. The molecule has 0 saturated carbocycles. The van der Waals surface area contributed by atoms with E-state index in [9.17, 15) is 40.2 Å². The molecule has 2 saturated heterocycles. The van der Waals surface area contributed by atoms with Gasteiger partial charge in [0.25, 0.3) is 0 Å². The lowest BCUT2D eigenvalue weighted by molar-refractivity contribution is -0.323. The Hall–Kier alpha value is -1.42. The van der Waals surface area contributed by atoms with Crippen LogP contribution < -0.4 is 10.6 Å². The molecule has 0 spiro atoms. The molecular formula is C16H28N2O11. The first-order chi connectivity index (χ1) is 13.6. The van der Waals surface area contributed by atoms with E-state index in [2.05, 4.69) is 10.6 Å². The van der Waals surface area contributed by atoms with Crippen molar-refractivity contribution in [1.82, 2.24) is 10.6 Å². The highest BCUT2D eigenvalue weighted by Gasteiger charge is 2.51. The van der Waals surface area contributed by atoms with E-state index in [0.717, 1.165) is 13.8 Å². The zero-order valence-electron chi connectivity index (χ0n) is 15.9. The van der Waals surface area contributed by atoms with Crippen LogP contribution in [-0.2, 0) is 23.8 Å². The van der Waals surface area contributed by atoms with E-state index in [4.69, 9.17) is 14.2 Å². The molecule has 2 heterocycles. The number of nitrogens with one attached hydrogen (secondary N) is 2. The van der Waals surface area contributed by atoms with Crippen molar-refractivity contribution in [3.63, 3.8) is 0 Å². The highest BCUT2D eigenvalue weighted by atomic mass is 16.7. The van der Waals surface area contributed by atoms with Crippen molar-refractivity contribution in [2.45, 2.75) is 75.1 Å². The molecule has 2 aliphatic heterocycles. The van der Waals surface area contributed by atoms with Crippen LogP contribution in [0.4, 0.5) is 0 Å². The average molecular weight is 424 g/mol. The van der Waals surface area contributed by atoms with Gasteiger partial charge in [-0.2, -0.15) is 0 Å². The van der Waals surface area contributed by atoms with E-state index in [1.807, 2.05) is 0 Å². The van der Waals surface area contributed by atoms with Crippen LogP contribution in [0.15, 0.2) is 0 Å². The molecule has 13 nitrogen and oxygen atoms in total. The Morgan fingerprint density at radius 1 is 0.828 bits per heavy atom. The lowest BCUT2D eigenvalue weighted by Gasteiger charge is -2.47. The van der Waals surface area contributed by atoms with Gasteiger partial charge < -0.3 is 55.5 Å². The van der Waals surface area contributed by atoms with Gasteiger partial charge in [-0.3, -0.25) is 9.59 Å². The summed E-state index contributed by atoms with van der Waals surface area (Å²) in [6.07, 6.45) is -11.8. The average Bonchev–Trinajstić information content (AvgIpc) is 2.65. The molecule has 2 amide bonds. The second-order valence-electron chi connectivity index (χ2n) is 7.00. The largest absolute Gasteiger partial charge is 0.394 e. The standard InChI is InChI=1S/C16H28N2O11/c1-5(21)17-9-13(25)11(23)7(3-19)28-16(9)29-14-10(18-6(2)22)15(26)27-8(4-20)12(14)24/h7-16,19-20,23-26H,3-4H2,1-2H3,(H,17,21)(H,18,22)/t7-,8-,9+,10+,11-,12+,13-,14-,15+,16+/m1/s1. The molecule has 168 valence electrons. The predicted octanol–water partition coefficient (Wildman–Crippen LogP) is -5.11. The van der Waals surface area contributed by atoms with Crippen molar-refractivity contribution in [3.8, 4) is 0 Å². The number of amides is 2. The van der Waals surface area contributed by atoms with Crippen LogP contribution in [0.5, 0.6) is 0 Å². The number of hydrogen-bond acceptors (Lipinski definition) is 11. The van der Waals surface area contributed by atoms with E-state index in [0.29, 0.717) is 0 Å². The Morgan fingerprint density at radius 2 is 1.34 bits per heavy atom. The molecular weight excluding hydrogens is 396 g/mol. The first-order valence-corrected chi connectivity index (χ1v) is 9.05. The molecule has 0 radical (unpaired) electrons. The van der Waals surface area contributed by atoms with Gasteiger partial charge in [-0.15, -0.1) is 0 Å².